The fraction of sp³-hybridized carbons (Fsp3) is 0.667. The molecular formula is C21H32N2O4. The van der Waals surface area contributed by atoms with Gasteiger partial charge in [-0.25, -0.2) is 0 Å². The van der Waals surface area contributed by atoms with E-state index in [0.717, 1.165) is 17.9 Å². The molecule has 1 N–H and O–H groups in total. The molecule has 1 heterocycles. The Morgan fingerprint density at radius 3 is 2.63 bits per heavy atom. The van der Waals surface area contributed by atoms with Crippen LogP contribution >= 0.6 is 0 Å². The van der Waals surface area contributed by atoms with E-state index in [0.29, 0.717) is 19.1 Å². The van der Waals surface area contributed by atoms with Crippen LogP contribution in [-0.4, -0.2) is 79.0 Å². The molecule has 150 valence electrons. The molecule has 6 heteroatoms. The molecule has 0 radical (unpaired) electrons. The molecule has 1 saturated carbocycles. The zero-order valence-corrected chi connectivity index (χ0v) is 16.7. The van der Waals surface area contributed by atoms with Crippen LogP contribution in [0.15, 0.2) is 18.2 Å². The van der Waals surface area contributed by atoms with Gasteiger partial charge in [0.2, 0.25) is 5.91 Å². The molecule has 1 aliphatic carbocycles. The van der Waals surface area contributed by atoms with Gasteiger partial charge in [-0.15, -0.1) is 0 Å². The molecule has 1 aliphatic heterocycles. The van der Waals surface area contributed by atoms with Crippen molar-refractivity contribution in [3.8, 4) is 5.75 Å². The summed E-state index contributed by atoms with van der Waals surface area (Å²) in [7, 11) is 1.52. The quantitative estimate of drug-likeness (QED) is 0.820. The maximum absolute atomic E-state index is 12.4. The molecule has 0 unspecified atom stereocenters. The monoisotopic (exact) mass is 376 g/mol. The van der Waals surface area contributed by atoms with Crippen LogP contribution < -0.4 is 4.74 Å². The number of hydrogen-bond acceptors (Lipinski definition) is 5. The Morgan fingerprint density at radius 2 is 2.00 bits per heavy atom. The van der Waals surface area contributed by atoms with Crippen molar-refractivity contribution in [1.29, 1.82) is 0 Å². The van der Waals surface area contributed by atoms with Gasteiger partial charge in [-0.1, -0.05) is 12.5 Å². The number of hydrogen-bond donors (Lipinski definition) is 1. The topological polar surface area (TPSA) is 62.2 Å². The van der Waals surface area contributed by atoms with Gasteiger partial charge in [0.25, 0.3) is 0 Å². The van der Waals surface area contributed by atoms with Crippen LogP contribution in [-0.2, 0) is 9.53 Å². The van der Waals surface area contributed by atoms with Crippen LogP contribution in [0.1, 0.15) is 30.4 Å². The van der Waals surface area contributed by atoms with Crippen LogP contribution in [0.5, 0.6) is 5.75 Å². The van der Waals surface area contributed by atoms with Gasteiger partial charge in [-0.2, -0.15) is 0 Å². The van der Waals surface area contributed by atoms with Gasteiger partial charge >= 0.3 is 0 Å². The van der Waals surface area contributed by atoms with Crippen molar-refractivity contribution < 1.29 is 19.4 Å². The Labute approximate surface area is 162 Å². The minimum atomic E-state index is -1.10. The summed E-state index contributed by atoms with van der Waals surface area (Å²) < 4.78 is 11.0. The van der Waals surface area contributed by atoms with E-state index in [1.54, 1.807) is 4.90 Å². The van der Waals surface area contributed by atoms with Gasteiger partial charge in [0.05, 0.1) is 6.54 Å². The molecule has 1 amide bonds. The van der Waals surface area contributed by atoms with Gasteiger partial charge in [-0.3, -0.25) is 9.69 Å². The zero-order chi connectivity index (χ0) is 19.4. The highest BCUT2D eigenvalue weighted by Crippen LogP contribution is 2.28. The van der Waals surface area contributed by atoms with Crippen molar-refractivity contribution >= 4 is 5.91 Å². The second-order valence-corrected chi connectivity index (χ2v) is 8.06. The molecule has 6 nitrogen and oxygen atoms in total. The maximum Gasteiger partial charge on any atom is 0.248 e. The molecule has 3 rings (SSSR count). The maximum atomic E-state index is 12.4. The van der Waals surface area contributed by atoms with E-state index in [-0.39, 0.29) is 25.7 Å². The normalized spacial score (nSPS) is 24.4. The summed E-state index contributed by atoms with van der Waals surface area (Å²) in [5.74, 6) is 0.665. The molecule has 1 atom stereocenters. The average molecular weight is 376 g/mol. The number of carbonyl (C=O) groups is 1. The molecule has 0 aromatic heterocycles. The number of aliphatic hydroxyl groups is 1. The van der Waals surface area contributed by atoms with Crippen LogP contribution in [0.4, 0.5) is 0 Å². The Kier molecular flexibility index (Phi) is 6.40. The van der Waals surface area contributed by atoms with E-state index in [1.807, 2.05) is 25.1 Å². The molecule has 1 aromatic carbocycles. The Bertz CT molecular complexity index is 662. The minimum Gasteiger partial charge on any atom is -0.490 e. The first-order valence-corrected chi connectivity index (χ1v) is 9.83. The lowest BCUT2D eigenvalue weighted by Crippen LogP contribution is -2.54. The largest absolute Gasteiger partial charge is 0.490 e. The van der Waals surface area contributed by atoms with Gasteiger partial charge in [-0.05, 0) is 49.9 Å². The predicted molar refractivity (Wildman–Crippen MR) is 104 cm³/mol. The standard InChI is InChI=1S/C21H32N2O4/c1-16-7-8-19(11-17(16)2)27-15-21(25)13-22(18-5-4-6-18)9-10-23(14-21)20(24)12-26-3/h7-8,11,18,25H,4-6,9-10,12-15H2,1-3H3/t21-/m0/s1. The number of ether oxygens (including phenoxy) is 2. The molecule has 0 spiro atoms. The summed E-state index contributed by atoms with van der Waals surface area (Å²) in [5.41, 5.74) is 1.27. The lowest BCUT2D eigenvalue weighted by Gasteiger charge is -2.40. The van der Waals surface area contributed by atoms with E-state index < -0.39 is 5.60 Å². The highest BCUT2D eigenvalue weighted by Gasteiger charge is 2.40. The van der Waals surface area contributed by atoms with E-state index in [1.165, 1.54) is 31.9 Å². The van der Waals surface area contributed by atoms with Gasteiger partial charge in [0, 0.05) is 32.8 Å². The summed E-state index contributed by atoms with van der Waals surface area (Å²) in [4.78, 5) is 16.4. The van der Waals surface area contributed by atoms with Crippen molar-refractivity contribution in [1.82, 2.24) is 9.80 Å². The van der Waals surface area contributed by atoms with E-state index in [4.69, 9.17) is 9.47 Å². The Hall–Kier alpha value is -1.63. The number of carbonyl (C=O) groups excluding carboxylic acids is 1. The molecule has 27 heavy (non-hydrogen) atoms. The number of aryl methyl sites for hydroxylation is 2. The molecular weight excluding hydrogens is 344 g/mol. The third kappa shape index (κ3) is 5.00. The SMILES string of the molecule is COCC(=O)N1CCN(C2CCC2)C[C@@](O)(COc2ccc(C)c(C)c2)C1. The molecule has 2 aliphatic rings. The van der Waals surface area contributed by atoms with Gasteiger partial charge < -0.3 is 19.5 Å². The first kappa shape index (κ1) is 20.1. The number of benzene rings is 1. The first-order chi connectivity index (χ1) is 12.9. The van der Waals surface area contributed by atoms with Gasteiger partial charge in [0.1, 0.15) is 24.6 Å². The molecule has 1 saturated heterocycles. The summed E-state index contributed by atoms with van der Waals surface area (Å²) >= 11 is 0. The van der Waals surface area contributed by atoms with Crippen LogP contribution in [0.3, 0.4) is 0 Å². The van der Waals surface area contributed by atoms with E-state index in [9.17, 15) is 9.90 Å². The number of rotatable bonds is 6. The Balaban J connectivity index is 1.72. The van der Waals surface area contributed by atoms with Crippen LogP contribution in [0.25, 0.3) is 0 Å². The third-order valence-electron chi connectivity index (χ3n) is 5.84. The van der Waals surface area contributed by atoms with Gasteiger partial charge in [0.15, 0.2) is 0 Å². The highest BCUT2D eigenvalue weighted by atomic mass is 16.5. The van der Waals surface area contributed by atoms with Crippen molar-refractivity contribution in [2.24, 2.45) is 0 Å². The summed E-state index contributed by atoms with van der Waals surface area (Å²) in [6.07, 6.45) is 3.57. The van der Waals surface area contributed by atoms with Crippen molar-refractivity contribution in [2.45, 2.75) is 44.8 Å². The summed E-state index contributed by atoms with van der Waals surface area (Å²) in [6.45, 7) is 6.51. The van der Waals surface area contributed by atoms with Crippen molar-refractivity contribution in [3.05, 3.63) is 29.3 Å². The fourth-order valence-corrected chi connectivity index (χ4v) is 3.79. The van der Waals surface area contributed by atoms with E-state index in [2.05, 4.69) is 11.8 Å². The average Bonchev–Trinajstić information content (AvgIpc) is 2.74. The fourth-order valence-electron chi connectivity index (χ4n) is 3.79. The van der Waals surface area contributed by atoms with Crippen LogP contribution in [0.2, 0.25) is 0 Å². The minimum absolute atomic E-state index is 0.0392. The first-order valence-electron chi connectivity index (χ1n) is 9.83. The molecule has 0 bridgehead atoms. The molecule has 1 aromatic rings. The number of amides is 1. The Morgan fingerprint density at radius 1 is 1.22 bits per heavy atom. The van der Waals surface area contributed by atoms with Crippen LogP contribution in [0, 0.1) is 13.8 Å². The smallest absolute Gasteiger partial charge is 0.248 e. The lowest BCUT2D eigenvalue weighted by molar-refractivity contribution is -0.138. The molecule has 2 fully saturated rings. The lowest BCUT2D eigenvalue weighted by atomic mass is 9.90. The number of nitrogens with zero attached hydrogens (tertiary/aromatic N) is 2. The summed E-state index contributed by atoms with van der Waals surface area (Å²) in [5, 5.41) is 11.4. The second kappa shape index (κ2) is 8.59. The van der Waals surface area contributed by atoms with Crippen molar-refractivity contribution in [2.75, 3.05) is 46.5 Å². The second-order valence-electron chi connectivity index (χ2n) is 8.06. The van der Waals surface area contributed by atoms with Crippen molar-refractivity contribution in [3.63, 3.8) is 0 Å². The predicted octanol–water partition coefficient (Wildman–Crippen LogP) is 1.76. The highest BCUT2D eigenvalue weighted by molar-refractivity contribution is 5.77. The van der Waals surface area contributed by atoms with E-state index >= 15 is 0 Å². The number of methoxy groups -OCH3 is 1. The summed E-state index contributed by atoms with van der Waals surface area (Å²) in [6, 6.07) is 6.46. The third-order valence-corrected chi connectivity index (χ3v) is 5.84. The number of β-amino-alcohol motifs (C(OH)–C–C–N with tert-alkyl or cyclic N) is 1. The zero-order valence-electron chi connectivity index (χ0n) is 16.7.